The molecule has 52 heavy (non-hydrogen) atoms. The zero-order valence-corrected chi connectivity index (χ0v) is 28.9. The number of nitrogens with zero attached hydrogens (tertiary/aromatic N) is 2. The maximum atomic E-state index is 5.16. The molecule has 1 aliphatic heterocycles. The second kappa shape index (κ2) is 12.8. The summed E-state index contributed by atoms with van der Waals surface area (Å²) in [7, 11) is 0. The number of rotatable bonds is 6. The molecule has 0 amide bonds. The van der Waals surface area contributed by atoms with Crippen molar-refractivity contribution in [2.75, 3.05) is 0 Å². The lowest BCUT2D eigenvalue weighted by molar-refractivity contribution is 0.805. The summed E-state index contributed by atoms with van der Waals surface area (Å²) in [4.78, 5) is 10.3. The van der Waals surface area contributed by atoms with Crippen LogP contribution in [0.1, 0.15) is 36.2 Å². The van der Waals surface area contributed by atoms with Gasteiger partial charge in [0.05, 0.1) is 17.4 Å². The van der Waals surface area contributed by atoms with Gasteiger partial charge >= 0.3 is 0 Å². The molecule has 0 fully saturated rings. The number of allylic oxidation sites excluding steroid dienone is 8. The molecule has 3 aliphatic carbocycles. The lowest BCUT2D eigenvalue weighted by atomic mass is 9.87. The van der Waals surface area contributed by atoms with Gasteiger partial charge in [0.2, 0.25) is 0 Å². The van der Waals surface area contributed by atoms with Crippen LogP contribution >= 0.6 is 0 Å². The summed E-state index contributed by atoms with van der Waals surface area (Å²) in [6, 6.07) is 42.0. The maximum absolute atomic E-state index is 5.16. The summed E-state index contributed by atoms with van der Waals surface area (Å²) in [5.74, 6) is 0.768. The summed E-state index contributed by atoms with van der Waals surface area (Å²) in [5, 5.41) is 6.24. The van der Waals surface area contributed by atoms with Crippen LogP contribution in [0.3, 0.4) is 0 Å². The van der Waals surface area contributed by atoms with Gasteiger partial charge in [0, 0.05) is 16.7 Å². The van der Waals surface area contributed by atoms with Crippen molar-refractivity contribution < 1.29 is 0 Å². The van der Waals surface area contributed by atoms with Crippen LogP contribution in [0.5, 0.6) is 0 Å². The quantitative estimate of drug-likeness (QED) is 0.192. The molecular weight excluding hydrogens is 631 g/mol. The highest BCUT2D eigenvalue weighted by Crippen LogP contribution is 2.49. The first-order valence-electron chi connectivity index (χ1n) is 18.4. The number of nitrogens with one attached hydrogen (secondary N) is 1. The SMILES string of the molecule is C1=CNC(C2=CCC3=C2c2cc(-c4ccc(-c5cc(-c6cccc(-c7ccccc7)c6)nc(C6=CCCC=C6)n5)cc4)c4ccccc4c2C3)C=C1. The fourth-order valence-electron chi connectivity index (χ4n) is 8.33. The Bertz CT molecular complexity index is 2580. The highest BCUT2D eigenvalue weighted by atomic mass is 14.9. The number of hydrogen-bond acceptors (Lipinski definition) is 3. The van der Waals surface area contributed by atoms with Gasteiger partial charge in [0.25, 0.3) is 0 Å². The van der Waals surface area contributed by atoms with Gasteiger partial charge < -0.3 is 5.32 Å². The molecule has 0 saturated carbocycles. The molecule has 2 heterocycles. The van der Waals surface area contributed by atoms with Crippen LogP contribution in [0.4, 0.5) is 0 Å². The number of aromatic nitrogens is 2. The Labute approximate surface area is 304 Å². The summed E-state index contributed by atoms with van der Waals surface area (Å²) in [6.07, 6.45) is 21.7. The summed E-state index contributed by atoms with van der Waals surface area (Å²) in [5.41, 5.74) is 17.2. The number of dihydropyridines is 1. The van der Waals surface area contributed by atoms with E-state index in [-0.39, 0.29) is 6.04 Å². The lowest BCUT2D eigenvalue weighted by Gasteiger charge is -2.21. The van der Waals surface area contributed by atoms with Gasteiger partial charge in [-0.15, -0.1) is 0 Å². The minimum absolute atomic E-state index is 0.209. The molecule has 1 N–H and O–H groups in total. The van der Waals surface area contributed by atoms with Crippen LogP contribution < -0.4 is 5.32 Å². The van der Waals surface area contributed by atoms with Crippen LogP contribution in [0, 0.1) is 0 Å². The van der Waals surface area contributed by atoms with Crippen LogP contribution in [0.25, 0.3) is 66.7 Å². The van der Waals surface area contributed by atoms with Gasteiger partial charge in [-0.1, -0.05) is 139 Å². The van der Waals surface area contributed by atoms with Gasteiger partial charge in [-0.25, -0.2) is 9.97 Å². The molecule has 1 aromatic heterocycles. The normalized spacial score (nSPS) is 17.2. The van der Waals surface area contributed by atoms with Gasteiger partial charge in [-0.3, -0.25) is 0 Å². The first-order valence-corrected chi connectivity index (χ1v) is 18.4. The van der Waals surface area contributed by atoms with Crippen LogP contribution in [-0.4, -0.2) is 16.0 Å². The van der Waals surface area contributed by atoms with E-state index in [4.69, 9.17) is 9.97 Å². The first-order chi connectivity index (χ1) is 25.8. The Balaban J connectivity index is 1.05. The second-order valence-electron chi connectivity index (χ2n) is 14.0. The minimum atomic E-state index is 0.209. The van der Waals surface area contributed by atoms with Crippen molar-refractivity contribution in [3.63, 3.8) is 0 Å². The number of fused-ring (bicyclic) bond motifs is 4. The van der Waals surface area contributed by atoms with E-state index in [9.17, 15) is 0 Å². The molecule has 0 saturated heterocycles. The van der Waals surface area contributed by atoms with Crippen molar-refractivity contribution in [1.82, 2.24) is 15.3 Å². The zero-order valence-electron chi connectivity index (χ0n) is 28.9. The Morgan fingerprint density at radius 2 is 1.37 bits per heavy atom. The van der Waals surface area contributed by atoms with Crippen LogP contribution in [0.2, 0.25) is 0 Å². The topological polar surface area (TPSA) is 37.8 Å². The minimum Gasteiger partial charge on any atom is -0.381 e. The maximum Gasteiger partial charge on any atom is 0.160 e. The standard InChI is InChI=1S/C49H37N3/c1-3-12-32(13-4-1)36-16-11-17-37(28-36)47-31-46(51-49(52-47)35-14-5-2-6-15-35)34-23-21-33(22-24-34)42-30-44-43(40-19-8-7-18-39(40)42)29-38-25-26-41(48(38)44)45-20-9-10-27-50-45/h1,3-5,7-24,26-28,30-31,45,50H,2,6,25,29H2. The Morgan fingerprint density at radius 1 is 0.596 bits per heavy atom. The van der Waals surface area contributed by atoms with E-state index in [2.05, 4.69) is 169 Å². The molecule has 248 valence electrons. The average Bonchev–Trinajstić information content (AvgIpc) is 3.82. The smallest absolute Gasteiger partial charge is 0.160 e. The average molecular weight is 668 g/mol. The number of benzene rings is 5. The van der Waals surface area contributed by atoms with Gasteiger partial charge in [0.1, 0.15) is 0 Å². The molecular formula is C49H37N3. The van der Waals surface area contributed by atoms with Crippen molar-refractivity contribution in [2.45, 2.75) is 31.7 Å². The molecule has 0 radical (unpaired) electrons. The van der Waals surface area contributed by atoms with E-state index >= 15 is 0 Å². The summed E-state index contributed by atoms with van der Waals surface area (Å²) in [6.45, 7) is 0. The summed E-state index contributed by atoms with van der Waals surface area (Å²) >= 11 is 0. The molecule has 1 atom stereocenters. The van der Waals surface area contributed by atoms with E-state index in [0.717, 1.165) is 59.6 Å². The van der Waals surface area contributed by atoms with Crippen molar-refractivity contribution in [2.24, 2.45) is 0 Å². The van der Waals surface area contributed by atoms with Crippen LogP contribution in [-0.2, 0) is 6.42 Å². The van der Waals surface area contributed by atoms with Crippen molar-refractivity contribution >= 4 is 21.9 Å². The molecule has 6 aromatic rings. The fourth-order valence-corrected chi connectivity index (χ4v) is 8.33. The number of hydrogen-bond donors (Lipinski definition) is 1. The van der Waals surface area contributed by atoms with E-state index < -0.39 is 0 Å². The third kappa shape index (κ3) is 5.37. The van der Waals surface area contributed by atoms with Gasteiger partial charge in [-0.05, 0) is 111 Å². The van der Waals surface area contributed by atoms with Gasteiger partial charge in [-0.2, -0.15) is 0 Å². The molecule has 1 unspecified atom stereocenters. The Morgan fingerprint density at radius 3 is 2.17 bits per heavy atom. The fraction of sp³-hybridized carbons (Fsp3) is 0.102. The third-order valence-corrected chi connectivity index (χ3v) is 10.9. The van der Waals surface area contributed by atoms with Crippen LogP contribution in [0.15, 0.2) is 175 Å². The van der Waals surface area contributed by atoms with Crippen molar-refractivity contribution in [3.8, 4) is 44.8 Å². The van der Waals surface area contributed by atoms with E-state index in [1.807, 2.05) is 0 Å². The molecule has 3 nitrogen and oxygen atoms in total. The van der Waals surface area contributed by atoms with Crippen molar-refractivity contribution in [3.05, 3.63) is 192 Å². The lowest BCUT2D eigenvalue weighted by Crippen LogP contribution is -2.25. The molecule has 0 bridgehead atoms. The summed E-state index contributed by atoms with van der Waals surface area (Å²) < 4.78 is 0. The highest BCUT2D eigenvalue weighted by molar-refractivity contribution is 6.06. The monoisotopic (exact) mass is 667 g/mol. The predicted octanol–water partition coefficient (Wildman–Crippen LogP) is 11.7. The molecule has 0 spiro atoms. The van der Waals surface area contributed by atoms with E-state index in [1.165, 1.54) is 55.3 Å². The molecule has 3 heteroatoms. The van der Waals surface area contributed by atoms with Crippen molar-refractivity contribution in [1.29, 1.82) is 0 Å². The third-order valence-electron chi connectivity index (χ3n) is 10.9. The Kier molecular flexibility index (Phi) is 7.49. The highest BCUT2D eigenvalue weighted by Gasteiger charge is 2.32. The van der Waals surface area contributed by atoms with Gasteiger partial charge in [0.15, 0.2) is 5.82 Å². The molecule has 4 aliphatic rings. The zero-order chi connectivity index (χ0) is 34.4. The largest absolute Gasteiger partial charge is 0.381 e. The first kappa shape index (κ1) is 30.5. The molecule has 10 rings (SSSR count). The second-order valence-corrected chi connectivity index (χ2v) is 14.0. The molecule has 5 aromatic carbocycles. The predicted molar refractivity (Wildman–Crippen MR) is 216 cm³/mol. The van der Waals surface area contributed by atoms with E-state index in [1.54, 1.807) is 5.57 Å². The Hall–Kier alpha value is -6.32. The van der Waals surface area contributed by atoms with E-state index in [0.29, 0.717) is 0 Å².